The molecule has 21 heavy (non-hydrogen) atoms. The van der Waals surface area contributed by atoms with Crippen molar-refractivity contribution in [2.45, 2.75) is 38.6 Å². The van der Waals surface area contributed by atoms with Crippen LogP contribution in [0.4, 0.5) is 10.1 Å². The van der Waals surface area contributed by atoms with Crippen LogP contribution in [0.1, 0.15) is 41.6 Å². The molecule has 2 saturated carbocycles. The minimum atomic E-state index is -0.677. The molecule has 0 atom stereocenters. The van der Waals surface area contributed by atoms with E-state index in [9.17, 15) is 19.3 Å². The highest BCUT2D eigenvalue weighted by atomic mass is 19.1. The predicted molar refractivity (Wildman–Crippen MR) is 74.5 cm³/mol. The first kappa shape index (κ1) is 14.0. The fraction of sp³-hybridized carbons (Fsp3) is 0.533. The molecule has 1 N–H and O–H groups in total. The van der Waals surface area contributed by atoms with E-state index in [-0.39, 0.29) is 22.9 Å². The molecule has 5 nitrogen and oxygen atoms in total. The molecule has 112 valence electrons. The van der Waals surface area contributed by atoms with Crippen LogP contribution >= 0.6 is 0 Å². The van der Waals surface area contributed by atoms with Gasteiger partial charge in [-0.15, -0.1) is 0 Å². The number of benzene rings is 1. The lowest BCUT2D eigenvalue weighted by Gasteiger charge is -2.18. The van der Waals surface area contributed by atoms with Gasteiger partial charge < -0.3 is 5.32 Å². The second-order valence-corrected chi connectivity index (χ2v) is 6.06. The summed E-state index contributed by atoms with van der Waals surface area (Å²) in [5.41, 5.74) is -0.370. The third-order valence-corrected chi connectivity index (χ3v) is 4.25. The number of nitrogens with zero attached hydrogens (tertiary/aromatic N) is 1. The van der Waals surface area contributed by atoms with Crippen molar-refractivity contribution in [2.24, 2.45) is 11.8 Å². The van der Waals surface area contributed by atoms with Crippen LogP contribution in [-0.2, 0) is 0 Å². The molecule has 0 radical (unpaired) electrons. The van der Waals surface area contributed by atoms with Crippen LogP contribution in [0.3, 0.4) is 0 Å². The Morgan fingerprint density at radius 2 is 1.90 bits per heavy atom. The van der Waals surface area contributed by atoms with Crippen molar-refractivity contribution in [3.8, 4) is 0 Å². The monoisotopic (exact) mass is 292 g/mol. The minimum Gasteiger partial charge on any atom is -0.349 e. The highest BCUT2D eigenvalue weighted by Crippen LogP contribution is 2.44. The first-order chi connectivity index (χ1) is 9.97. The maximum atomic E-state index is 14.1. The molecule has 0 heterocycles. The summed E-state index contributed by atoms with van der Waals surface area (Å²) in [6.07, 6.45) is 4.38. The van der Waals surface area contributed by atoms with Crippen LogP contribution in [0.5, 0.6) is 0 Å². The fourth-order valence-electron chi connectivity index (χ4n) is 2.78. The first-order valence-electron chi connectivity index (χ1n) is 7.22. The number of rotatable bonds is 5. The summed E-state index contributed by atoms with van der Waals surface area (Å²) in [7, 11) is 0. The van der Waals surface area contributed by atoms with Crippen LogP contribution in [0, 0.1) is 34.7 Å². The van der Waals surface area contributed by atoms with E-state index in [0.29, 0.717) is 11.8 Å². The van der Waals surface area contributed by atoms with Crippen molar-refractivity contribution in [1.82, 2.24) is 5.32 Å². The number of hydrogen-bond acceptors (Lipinski definition) is 3. The molecule has 0 bridgehead atoms. The van der Waals surface area contributed by atoms with Gasteiger partial charge in [0.25, 0.3) is 11.6 Å². The van der Waals surface area contributed by atoms with Crippen molar-refractivity contribution < 1.29 is 14.1 Å². The number of amides is 1. The number of nitro benzene ring substituents is 1. The van der Waals surface area contributed by atoms with Gasteiger partial charge >= 0.3 is 0 Å². The molecule has 0 aromatic heterocycles. The number of aryl methyl sites for hydroxylation is 1. The van der Waals surface area contributed by atoms with Crippen LogP contribution in [0.2, 0.25) is 0 Å². The number of carbonyl (C=O) groups is 1. The second-order valence-electron chi connectivity index (χ2n) is 6.06. The van der Waals surface area contributed by atoms with Gasteiger partial charge in [0.2, 0.25) is 0 Å². The van der Waals surface area contributed by atoms with Crippen LogP contribution < -0.4 is 5.32 Å². The summed E-state index contributed by atoms with van der Waals surface area (Å²) in [4.78, 5) is 22.5. The molecule has 6 heteroatoms. The standard InChI is InChI=1S/C15H17FN2O3/c1-8-6-11(18(20)21)7-12(13(8)16)15(19)17-14(9-2-3-9)10-4-5-10/h6-7,9-10,14H,2-5H2,1H3,(H,17,19). The van der Waals surface area contributed by atoms with E-state index in [1.54, 1.807) is 0 Å². The van der Waals surface area contributed by atoms with E-state index >= 15 is 0 Å². The van der Waals surface area contributed by atoms with Gasteiger partial charge in [0.05, 0.1) is 10.5 Å². The van der Waals surface area contributed by atoms with Crippen molar-refractivity contribution in [1.29, 1.82) is 0 Å². The molecule has 0 saturated heterocycles. The van der Waals surface area contributed by atoms with Gasteiger partial charge in [-0.1, -0.05) is 0 Å². The quantitative estimate of drug-likeness (QED) is 0.670. The van der Waals surface area contributed by atoms with E-state index in [4.69, 9.17) is 0 Å². The van der Waals surface area contributed by atoms with E-state index in [1.807, 2.05) is 0 Å². The number of non-ortho nitro benzene ring substituents is 1. The van der Waals surface area contributed by atoms with Crippen molar-refractivity contribution in [3.05, 3.63) is 39.2 Å². The molecular weight excluding hydrogens is 275 g/mol. The molecule has 0 unspecified atom stereocenters. The summed E-state index contributed by atoms with van der Waals surface area (Å²) in [5.74, 6) is -0.236. The van der Waals surface area contributed by atoms with Gasteiger partial charge in [-0.3, -0.25) is 14.9 Å². The Hall–Kier alpha value is -1.98. The predicted octanol–water partition coefficient (Wildman–Crippen LogP) is 2.96. The van der Waals surface area contributed by atoms with Crippen molar-refractivity contribution in [2.75, 3.05) is 0 Å². The van der Waals surface area contributed by atoms with Crippen LogP contribution in [-0.4, -0.2) is 16.9 Å². The van der Waals surface area contributed by atoms with Gasteiger partial charge in [0.15, 0.2) is 0 Å². The van der Waals surface area contributed by atoms with Crippen molar-refractivity contribution in [3.63, 3.8) is 0 Å². The molecule has 1 amide bonds. The summed E-state index contributed by atoms with van der Waals surface area (Å²) in [5, 5.41) is 13.7. The van der Waals surface area contributed by atoms with E-state index in [2.05, 4.69) is 5.32 Å². The Balaban J connectivity index is 1.84. The van der Waals surface area contributed by atoms with Gasteiger partial charge in [0, 0.05) is 18.2 Å². The highest BCUT2D eigenvalue weighted by molar-refractivity contribution is 5.95. The van der Waals surface area contributed by atoms with E-state index in [0.717, 1.165) is 37.8 Å². The van der Waals surface area contributed by atoms with Gasteiger partial charge in [-0.25, -0.2) is 4.39 Å². The zero-order valence-corrected chi connectivity index (χ0v) is 11.8. The largest absolute Gasteiger partial charge is 0.349 e. The van der Waals surface area contributed by atoms with Crippen LogP contribution in [0.25, 0.3) is 0 Å². The number of halogens is 1. The minimum absolute atomic E-state index is 0.0940. The lowest BCUT2D eigenvalue weighted by atomic mass is 10.0. The molecule has 0 aliphatic heterocycles. The molecule has 1 aromatic carbocycles. The number of hydrogen-bond donors (Lipinski definition) is 1. The molecule has 2 aliphatic carbocycles. The Bertz CT molecular complexity index is 597. The third-order valence-electron chi connectivity index (χ3n) is 4.25. The maximum absolute atomic E-state index is 14.1. The molecule has 2 aliphatic rings. The number of carbonyl (C=O) groups excluding carboxylic acids is 1. The lowest BCUT2D eigenvalue weighted by molar-refractivity contribution is -0.385. The summed E-state index contributed by atoms with van der Waals surface area (Å²) < 4.78 is 14.1. The van der Waals surface area contributed by atoms with Gasteiger partial charge in [-0.05, 0) is 50.0 Å². The normalized spacial score (nSPS) is 17.9. The van der Waals surface area contributed by atoms with E-state index < -0.39 is 16.6 Å². The third kappa shape index (κ3) is 2.89. The Kier molecular flexibility index (Phi) is 3.39. The number of nitro groups is 1. The zero-order valence-electron chi connectivity index (χ0n) is 11.8. The summed E-state index contributed by atoms with van der Waals surface area (Å²) in [6.45, 7) is 1.43. The number of nitrogens with one attached hydrogen (secondary N) is 1. The lowest BCUT2D eigenvalue weighted by Crippen LogP contribution is -2.38. The summed E-state index contributed by atoms with van der Waals surface area (Å²) >= 11 is 0. The molecule has 2 fully saturated rings. The average Bonchev–Trinajstić information content (AvgIpc) is 3.30. The first-order valence-corrected chi connectivity index (χ1v) is 7.22. The molecular formula is C15H17FN2O3. The van der Waals surface area contributed by atoms with E-state index in [1.165, 1.54) is 6.92 Å². The maximum Gasteiger partial charge on any atom is 0.270 e. The van der Waals surface area contributed by atoms with Gasteiger partial charge in [0.1, 0.15) is 5.82 Å². The molecule has 0 spiro atoms. The summed E-state index contributed by atoms with van der Waals surface area (Å²) in [6, 6.07) is 2.26. The Labute approximate surface area is 121 Å². The van der Waals surface area contributed by atoms with Gasteiger partial charge in [-0.2, -0.15) is 0 Å². The Morgan fingerprint density at radius 1 is 1.33 bits per heavy atom. The molecule has 1 aromatic rings. The van der Waals surface area contributed by atoms with Crippen LogP contribution in [0.15, 0.2) is 12.1 Å². The SMILES string of the molecule is Cc1cc([N+](=O)[O-])cc(C(=O)NC(C2CC2)C2CC2)c1F. The topological polar surface area (TPSA) is 72.2 Å². The average molecular weight is 292 g/mol. The fourth-order valence-corrected chi connectivity index (χ4v) is 2.78. The highest BCUT2D eigenvalue weighted by Gasteiger charge is 2.42. The zero-order chi connectivity index (χ0) is 15.1. The smallest absolute Gasteiger partial charge is 0.270 e. The van der Waals surface area contributed by atoms with Crippen molar-refractivity contribution >= 4 is 11.6 Å². The Morgan fingerprint density at radius 3 is 2.38 bits per heavy atom. The molecule has 3 rings (SSSR count). The second kappa shape index (κ2) is 5.09.